The standard InChI is InChI=1S/C25H20F2N6O/c1-15-8-10-17(11-9-15)20-13-21(23(26)27)33-24(29-20)19(14-28-33)25(34)30-22-12-16(2)31-32(22)18-6-4-3-5-7-18/h3-14,23H,1-2H3,(H,30,34). The number of aryl methyl sites for hydroxylation is 2. The van der Waals surface area contributed by atoms with Crippen LogP contribution < -0.4 is 5.32 Å². The molecule has 0 aliphatic heterocycles. The molecular formula is C25H20F2N6O. The van der Waals surface area contributed by atoms with E-state index < -0.39 is 12.3 Å². The van der Waals surface area contributed by atoms with Gasteiger partial charge in [0.05, 0.1) is 23.3 Å². The summed E-state index contributed by atoms with van der Waals surface area (Å²) >= 11 is 0. The lowest BCUT2D eigenvalue weighted by Crippen LogP contribution is -2.15. The van der Waals surface area contributed by atoms with E-state index in [9.17, 15) is 13.6 Å². The van der Waals surface area contributed by atoms with Crippen LogP contribution in [0.5, 0.6) is 0 Å². The van der Waals surface area contributed by atoms with Crippen LogP contribution in [0.4, 0.5) is 14.6 Å². The third kappa shape index (κ3) is 3.92. The molecule has 0 saturated heterocycles. The van der Waals surface area contributed by atoms with Gasteiger partial charge in [0.25, 0.3) is 12.3 Å². The van der Waals surface area contributed by atoms with Crippen LogP contribution >= 0.6 is 0 Å². The minimum atomic E-state index is -2.80. The van der Waals surface area contributed by atoms with Crippen molar-refractivity contribution in [2.24, 2.45) is 0 Å². The smallest absolute Gasteiger partial charge is 0.280 e. The predicted molar refractivity (Wildman–Crippen MR) is 124 cm³/mol. The van der Waals surface area contributed by atoms with Gasteiger partial charge in [0.1, 0.15) is 17.1 Å². The van der Waals surface area contributed by atoms with Crippen LogP contribution in [-0.2, 0) is 0 Å². The van der Waals surface area contributed by atoms with E-state index in [0.717, 1.165) is 15.8 Å². The molecule has 1 amide bonds. The summed E-state index contributed by atoms with van der Waals surface area (Å²) < 4.78 is 30.3. The predicted octanol–water partition coefficient (Wildman–Crippen LogP) is 5.39. The van der Waals surface area contributed by atoms with Gasteiger partial charge in [0, 0.05) is 11.6 Å². The number of halogens is 2. The number of hydrogen-bond donors (Lipinski definition) is 1. The number of anilines is 1. The Balaban J connectivity index is 1.57. The van der Waals surface area contributed by atoms with Gasteiger partial charge >= 0.3 is 0 Å². The van der Waals surface area contributed by atoms with Gasteiger partial charge in [-0.2, -0.15) is 10.2 Å². The van der Waals surface area contributed by atoms with Crippen molar-refractivity contribution in [3.8, 4) is 16.9 Å². The molecule has 5 rings (SSSR count). The summed E-state index contributed by atoms with van der Waals surface area (Å²) in [6.45, 7) is 3.75. The summed E-state index contributed by atoms with van der Waals surface area (Å²) in [6.07, 6.45) is -1.55. The van der Waals surface area contributed by atoms with Gasteiger partial charge in [-0.05, 0) is 32.0 Å². The Kier molecular flexibility index (Phi) is 5.37. The van der Waals surface area contributed by atoms with Crippen molar-refractivity contribution >= 4 is 17.4 Å². The van der Waals surface area contributed by atoms with Crippen molar-refractivity contribution in [1.82, 2.24) is 24.4 Å². The van der Waals surface area contributed by atoms with Gasteiger partial charge in [-0.15, -0.1) is 0 Å². The van der Waals surface area contributed by atoms with Gasteiger partial charge < -0.3 is 5.32 Å². The number of fused-ring (bicyclic) bond motifs is 1. The molecule has 5 aromatic rings. The van der Waals surface area contributed by atoms with Crippen LogP contribution in [0.3, 0.4) is 0 Å². The van der Waals surface area contributed by atoms with Crippen molar-refractivity contribution in [3.05, 3.63) is 95.4 Å². The highest BCUT2D eigenvalue weighted by atomic mass is 19.3. The van der Waals surface area contributed by atoms with Crippen molar-refractivity contribution in [2.45, 2.75) is 20.3 Å². The molecular weight excluding hydrogens is 438 g/mol. The molecule has 34 heavy (non-hydrogen) atoms. The van der Waals surface area contributed by atoms with Gasteiger partial charge in [0.2, 0.25) is 0 Å². The number of rotatable bonds is 5. The van der Waals surface area contributed by atoms with Gasteiger partial charge in [-0.25, -0.2) is 23.0 Å². The number of aromatic nitrogens is 5. The van der Waals surface area contributed by atoms with Crippen molar-refractivity contribution in [3.63, 3.8) is 0 Å². The van der Waals surface area contributed by atoms with Crippen LogP contribution in [0.25, 0.3) is 22.6 Å². The molecule has 3 aromatic heterocycles. The Morgan fingerprint density at radius 2 is 1.74 bits per heavy atom. The number of nitrogens with one attached hydrogen (secondary N) is 1. The number of amides is 1. The van der Waals surface area contributed by atoms with E-state index in [4.69, 9.17) is 0 Å². The Morgan fingerprint density at radius 3 is 2.44 bits per heavy atom. The zero-order chi connectivity index (χ0) is 23.8. The maximum absolute atomic E-state index is 13.9. The molecule has 0 spiro atoms. The second-order valence-corrected chi connectivity index (χ2v) is 7.90. The van der Waals surface area contributed by atoms with Crippen LogP contribution in [0, 0.1) is 13.8 Å². The Hall–Kier alpha value is -4.40. The highest BCUT2D eigenvalue weighted by Crippen LogP contribution is 2.27. The number of benzene rings is 2. The number of para-hydroxylation sites is 1. The fourth-order valence-electron chi connectivity index (χ4n) is 3.71. The summed E-state index contributed by atoms with van der Waals surface area (Å²) in [6, 6.07) is 19.7. The minimum absolute atomic E-state index is 0.0494. The van der Waals surface area contributed by atoms with Gasteiger partial charge in [-0.1, -0.05) is 48.0 Å². The largest absolute Gasteiger partial charge is 0.306 e. The maximum Gasteiger partial charge on any atom is 0.280 e. The monoisotopic (exact) mass is 458 g/mol. The first-order valence-electron chi connectivity index (χ1n) is 10.6. The van der Waals surface area contributed by atoms with E-state index in [-0.39, 0.29) is 16.9 Å². The molecule has 0 atom stereocenters. The van der Waals surface area contributed by atoms with E-state index >= 15 is 0 Å². The third-order valence-corrected chi connectivity index (χ3v) is 5.39. The van der Waals surface area contributed by atoms with E-state index in [1.54, 1.807) is 22.9 Å². The lowest BCUT2D eigenvalue weighted by Gasteiger charge is -2.10. The van der Waals surface area contributed by atoms with Gasteiger partial charge in [0.15, 0.2) is 5.65 Å². The summed E-state index contributed by atoms with van der Waals surface area (Å²) in [7, 11) is 0. The molecule has 9 heteroatoms. The van der Waals surface area contributed by atoms with E-state index in [1.165, 1.54) is 12.3 Å². The summed E-state index contributed by atoms with van der Waals surface area (Å²) in [5.41, 5.74) is 3.30. The summed E-state index contributed by atoms with van der Waals surface area (Å²) in [5, 5.41) is 11.3. The van der Waals surface area contributed by atoms with Crippen molar-refractivity contribution in [1.29, 1.82) is 0 Å². The molecule has 0 radical (unpaired) electrons. The molecule has 170 valence electrons. The minimum Gasteiger partial charge on any atom is -0.306 e. The number of hydrogen-bond acceptors (Lipinski definition) is 4. The summed E-state index contributed by atoms with van der Waals surface area (Å²) in [5.74, 6) is -0.0855. The SMILES string of the molecule is Cc1ccc(-c2cc(C(F)F)n3ncc(C(=O)Nc4cc(C)nn4-c4ccccc4)c3n2)cc1. The molecule has 0 aliphatic carbocycles. The van der Waals surface area contributed by atoms with Crippen LogP contribution in [-0.4, -0.2) is 30.3 Å². The molecule has 0 unspecified atom stereocenters. The van der Waals surface area contributed by atoms with Crippen LogP contribution in [0.15, 0.2) is 72.9 Å². The lowest BCUT2D eigenvalue weighted by molar-refractivity contribution is 0.102. The van der Waals surface area contributed by atoms with Crippen LogP contribution in [0.1, 0.15) is 33.7 Å². The number of nitrogens with zero attached hydrogens (tertiary/aromatic N) is 5. The normalized spacial score (nSPS) is 11.3. The molecule has 0 aliphatic rings. The Bertz CT molecular complexity index is 1490. The molecule has 0 bridgehead atoms. The maximum atomic E-state index is 13.9. The quantitative estimate of drug-likeness (QED) is 0.383. The van der Waals surface area contributed by atoms with E-state index in [1.807, 2.05) is 56.3 Å². The highest BCUT2D eigenvalue weighted by Gasteiger charge is 2.22. The molecule has 1 N–H and O–H groups in total. The van der Waals surface area contributed by atoms with E-state index in [0.29, 0.717) is 22.8 Å². The highest BCUT2D eigenvalue weighted by molar-refractivity contribution is 6.08. The third-order valence-electron chi connectivity index (χ3n) is 5.39. The average molecular weight is 458 g/mol. The Morgan fingerprint density at radius 1 is 1.00 bits per heavy atom. The Labute approximate surface area is 193 Å². The second-order valence-electron chi connectivity index (χ2n) is 7.90. The molecule has 7 nitrogen and oxygen atoms in total. The molecule has 3 heterocycles. The van der Waals surface area contributed by atoms with E-state index in [2.05, 4.69) is 20.5 Å². The van der Waals surface area contributed by atoms with Crippen molar-refractivity contribution < 1.29 is 13.6 Å². The second kappa shape index (κ2) is 8.51. The van der Waals surface area contributed by atoms with Gasteiger partial charge in [-0.3, -0.25) is 4.79 Å². The zero-order valence-corrected chi connectivity index (χ0v) is 18.4. The number of carbonyl (C=O) groups excluding carboxylic acids is 1. The first kappa shape index (κ1) is 21.4. The van der Waals surface area contributed by atoms with Crippen molar-refractivity contribution in [2.75, 3.05) is 5.32 Å². The topological polar surface area (TPSA) is 77.1 Å². The number of carbonyl (C=O) groups is 1. The summed E-state index contributed by atoms with van der Waals surface area (Å²) in [4.78, 5) is 17.7. The fourth-order valence-corrected chi connectivity index (χ4v) is 3.71. The molecule has 0 fully saturated rings. The lowest BCUT2D eigenvalue weighted by atomic mass is 10.1. The number of alkyl halides is 2. The van der Waals surface area contributed by atoms with Crippen LogP contribution in [0.2, 0.25) is 0 Å². The zero-order valence-electron chi connectivity index (χ0n) is 18.4. The molecule has 2 aromatic carbocycles. The fraction of sp³-hybridized carbons (Fsp3) is 0.120. The first-order valence-corrected chi connectivity index (χ1v) is 10.6. The molecule has 0 saturated carbocycles. The first-order chi connectivity index (χ1) is 16.4. The average Bonchev–Trinajstić information content (AvgIpc) is 3.42.